The summed E-state index contributed by atoms with van der Waals surface area (Å²) < 4.78 is 30.3. The van der Waals surface area contributed by atoms with Crippen molar-refractivity contribution in [2.24, 2.45) is 0 Å². The van der Waals surface area contributed by atoms with Gasteiger partial charge in [0, 0.05) is 22.1 Å². The molecule has 0 bridgehead atoms. The number of carboxylic acids is 1. The Hall–Kier alpha value is -3.17. The number of fused-ring (bicyclic) bond motifs is 4. The highest BCUT2D eigenvalue weighted by Gasteiger charge is 2.60. The summed E-state index contributed by atoms with van der Waals surface area (Å²) in [5.41, 5.74) is -3.18. The molecule has 0 aliphatic carbocycles. The number of para-hydroxylation sites is 1. The second-order valence-electron chi connectivity index (χ2n) is 7.25. The van der Waals surface area contributed by atoms with E-state index in [2.05, 4.69) is 4.98 Å². The lowest BCUT2D eigenvalue weighted by Gasteiger charge is -2.34. The number of rotatable bonds is 5. The van der Waals surface area contributed by atoms with E-state index < -0.39 is 47.2 Å². The molecule has 7 nitrogen and oxygen atoms in total. The van der Waals surface area contributed by atoms with Crippen LogP contribution in [0.5, 0.6) is 0 Å². The van der Waals surface area contributed by atoms with Crippen LogP contribution in [0.1, 0.15) is 30.0 Å². The maximum Gasteiger partial charge on any atom is 0.378 e. The smallest absolute Gasteiger partial charge is 0.378 e. The van der Waals surface area contributed by atoms with Crippen molar-refractivity contribution in [2.75, 3.05) is 0 Å². The van der Waals surface area contributed by atoms with Crippen molar-refractivity contribution >= 4 is 16.9 Å². The number of halogens is 2. The lowest BCUT2D eigenvalue weighted by atomic mass is 9.82. The summed E-state index contributed by atoms with van der Waals surface area (Å²) in [6.45, 7) is 0.370. The van der Waals surface area contributed by atoms with Gasteiger partial charge in [-0.15, -0.1) is 0 Å². The molecule has 1 unspecified atom stereocenters. The van der Waals surface area contributed by atoms with Gasteiger partial charge in [0.25, 0.3) is 5.56 Å². The quantitative estimate of drug-likeness (QED) is 0.460. The molecular weight excluding hydrogens is 398 g/mol. The van der Waals surface area contributed by atoms with E-state index in [-0.39, 0.29) is 12.2 Å². The highest BCUT2D eigenvalue weighted by Crippen LogP contribution is 2.43. The number of hydrogen-bond acceptors (Lipinski definition) is 5. The zero-order valence-corrected chi connectivity index (χ0v) is 15.9. The maximum atomic E-state index is 14.5. The van der Waals surface area contributed by atoms with Gasteiger partial charge in [-0.05, 0) is 24.6 Å². The van der Waals surface area contributed by atoms with E-state index in [4.69, 9.17) is 5.11 Å². The first-order chi connectivity index (χ1) is 14.2. The first-order valence-electron chi connectivity index (χ1n) is 9.26. The van der Waals surface area contributed by atoms with Gasteiger partial charge < -0.3 is 19.9 Å². The highest BCUT2D eigenvalue weighted by molar-refractivity contribution is 5.84. The molecule has 3 aromatic rings. The maximum absolute atomic E-state index is 14.5. The van der Waals surface area contributed by atoms with E-state index in [9.17, 15) is 28.6 Å². The van der Waals surface area contributed by atoms with Crippen molar-refractivity contribution in [1.82, 2.24) is 9.55 Å². The number of aromatic nitrogens is 2. The second-order valence-corrected chi connectivity index (χ2v) is 7.25. The van der Waals surface area contributed by atoms with Crippen LogP contribution in [0.25, 0.3) is 22.3 Å². The molecule has 0 saturated carbocycles. The van der Waals surface area contributed by atoms with Gasteiger partial charge in [-0.25, -0.2) is 9.78 Å². The molecule has 1 aliphatic rings. The van der Waals surface area contributed by atoms with E-state index in [1.165, 1.54) is 11.5 Å². The van der Waals surface area contributed by atoms with Gasteiger partial charge >= 0.3 is 11.9 Å². The molecule has 1 atom stereocenters. The number of pyridine rings is 2. The number of aliphatic hydroxyl groups is 2. The Morgan fingerprint density at radius 1 is 1.27 bits per heavy atom. The second kappa shape index (κ2) is 6.68. The molecule has 0 spiro atoms. The molecule has 2 aromatic heterocycles. The Morgan fingerprint density at radius 3 is 2.60 bits per heavy atom. The van der Waals surface area contributed by atoms with Gasteiger partial charge in [0.2, 0.25) is 0 Å². The predicted molar refractivity (Wildman–Crippen MR) is 103 cm³/mol. The molecule has 0 saturated heterocycles. The molecule has 3 heterocycles. The van der Waals surface area contributed by atoms with E-state index >= 15 is 0 Å². The van der Waals surface area contributed by atoms with E-state index in [0.717, 1.165) is 11.5 Å². The Morgan fingerprint density at radius 2 is 1.97 bits per heavy atom. The third kappa shape index (κ3) is 2.59. The fraction of sp³-hybridized carbons (Fsp3) is 0.286. The highest BCUT2D eigenvalue weighted by atomic mass is 19.3. The summed E-state index contributed by atoms with van der Waals surface area (Å²) in [5.74, 6) is -7.12. The molecule has 0 radical (unpaired) electrons. The minimum absolute atomic E-state index is 0.120. The summed E-state index contributed by atoms with van der Waals surface area (Å²) in [5, 5.41) is 30.3. The Balaban J connectivity index is 2.03. The van der Waals surface area contributed by atoms with Crippen LogP contribution in [0.3, 0.4) is 0 Å². The van der Waals surface area contributed by atoms with Crippen LogP contribution in [0, 0.1) is 0 Å². The normalized spacial score (nSPS) is 15.0. The third-order valence-corrected chi connectivity index (χ3v) is 5.68. The lowest BCUT2D eigenvalue weighted by Crippen LogP contribution is -2.52. The monoisotopic (exact) mass is 416 g/mol. The minimum atomic E-state index is -4.59. The van der Waals surface area contributed by atoms with Gasteiger partial charge in [-0.3, -0.25) is 4.79 Å². The number of aliphatic carboxylic acids is 1. The minimum Gasteiger partial charge on any atom is -0.477 e. The van der Waals surface area contributed by atoms with E-state index in [1.54, 1.807) is 12.1 Å². The van der Waals surface area contributed by atoms with Crippen molar-refractivity contribution < 1.29 is 28.9 Å². The predicted octanol–water partition coefficient (Wildman–Crippen LogP) is 2.23. The molecular formula is C21H18F2N2O5. The molecule has 4 rings (SSSR count). The average Bonchev–Trinajstić information content (AvgIpc) is 3.09. The number of aliphatic hydroxyl groups excluding tert-OH is 1. The van der Waals surface area contributed by atoms with Crippen LogP contribution in [-0.4, -0.2) is 36.8 Å². The molecule has 30 heavy (non-hydrogen) atoms. The zero-order chi connectivity index (χ0) is 21.8. The van der Waals surface area contributed by atoms with Gasteiger partial charge in [-0.2, -0.15) is 8.78 Å². The molecule has 0 amide bonds. The first kappa shape index (κ1) is 20.1. The van der Waals surface area contributed by atoms with Crippen molar-refractivity contribution in [1.29, 1.82) is 0 Å². The number of benzene rings is 1. The molecule has 0 fully saturated rings. The summed E-state index contributed by atoms with van der Waals surface area (Å²) in [4.78, 5) is 28.7. The molecule has 9 heteroatoms. The zero-order valence-electron chi connectivity index (χ0n) is 15.9. The molecule has 1 aromatic carbocycles. The van der Waals surface area contributed by atoms with Crippen LogP contribution in [0.15, 0.2) is 41.2 Å². The van der Waals surface area contributed by atoms with Gasteiger partial charge in [0.1, 0.15) is 0 Å². The topological polar surface area (TPSA) is 113 Å². The number of carbonyl (C=O) groups is 1. The molecule has 3 N–H and O–H groups in total. The number of nitrogens with zero attached hydrogens (tertiary/aromatic N) is 2. The summed E-state index contributed by atoms with van der Waals surface area (Å²) >= 11 is 0. The van der Waals surface area contributed by atoms with E-state index in [0.29, 0.717) is 16.8 Å². The Labute approximate surface area is 168 Å². The Kier molecular flexibility index (Phi) is 4.48. The van der Waals surface area contributed by atoms with Crippen LogP contribution >= 0.6 is 0 Å². The third-order valence-electron chi connectivity index (χ3n) is 5.68. The van der Waals surface area contributed by atoms with Crippen LogP contribution in [-0.2, 0) is 23.5 Å². The number of carboxylic acid groups (broad SMARTS) is 1. The van der Waals surface area contributed by atoms with Crippen LogP contribution in [0.2, 0.25) is 0 Å². The fourth-order valence-corrected chi connectivity index (χ4v) is 4.00. The van der Waals surface area contributed by atoms with Gasteiger partial charge in [-0.1, -0.05) is 25.1 Å². The largest absolute Gasteiger partial charge is 0.477 e. The van der Waals surface area contributed by atoms with Crippen LogP contribution < -0.4 is 5.56 Å². The van der Waals surface area contributed by atoms with Gasteiger partial charge in [0.15, 0.2) is 5.60 Å². The summed E-state index contributed by atoms with van der Waals surface area (Å²) in [6.07, 6.45) is -0.694. The average molecular weight is 416 g/mol. The number of hydrogen-bond donors (Lipinski definition) is 3. The summed E-state index contributed by atoms with van der Waals surface area (Å²) in [6, 6.07) is 10.2. The Bertz CT molecular complexity index is 1250. The van der Waals surface area contributed by atoms with Crippen molar-refractivity contribution in [3.05, 3.63) is 63.4 Å². The fourth-order valence-electron chi connectivity index (χ4n) is 4.00. The standard InChI is InChI=1S/C21H18F2N2O5/c1-2-20(30,21(22,23)19(28)29)14-8-16-17-12(9-25(16)18(27)13(14)10-26)7-11-5-3-4-6-15(11)24-17/h3-8,26,30H,2,9-10H2,1H3,(H,28,29). The first-order valence-corrected chi connectivity index (χ1v) is 9.26. The van der Waals surface area contributed by atoms with Crippen molar-refractivity contribution in [2.45, 2.75) is 38.0 Å². The summed E-state index contributed by atoms with van der Waals surface area (Å²) in [7, 11) is 0. The van der Waals surface area contributed by atoms with Crippen molar-refractivity contribution in [3.8, 4) is 11.4 Å². The van der Waals surface area contributed by atoms with Crippen molar-refractivity contribution in [3.63, 3.8) is 0 Å². The molecule has 156 valence electrons. The van der Waals surface area contributed by atoms with E-state index in [1.807, 2.05) is 18.2 Å². The number of alkyl halides is 2. The van der Waals surface area contributed by atoms with Crippen LogP contribution in [0.4, 0.5) is 8.78 Å². The van der Waals surface area contributed by atoms with Gasteiger partial charge in [0.05, 0.1) is 30.1 Å². The SMILES string of the molecule is CCC(O)(c1cc2n(c(=O)c1CO)Cc1cc3ccccc3nc1-2)C(F)(F)C(=O)O. The lowest BCUT2D eigenvalue weighted by molar-refractivity contribution is -0.213. The molecule has 1 aliphatic heterocycles.